The Balaban J connectivity index is 1.38. The van der Waals surface area contributed by atoms with Gasteiger partial charge in [-0.05, 0) is 68.8 Å². The number of hydrogen-bond donors (Lipinski definition) is 1. The fraction of sp³-hybridized carbons (Fsp3) is 0.692. The Morgan fingerprint density at radius 1 is 1.18 bits per heavy atom. The molecule has 0 bridgehead atoms. The molecule has 4 rings (SSSR count). The highest BCUT2D eigenvalue weighted by atomic mass is 28.4. The van der Waals surface area contributed by atoms with Crippen molar-refractivity contribution in [2.75, 3.05) is 24.6 Å². The van der Waals surface area contributed by atoms with Crippen molar-refractivity contribution >= 4 is 25.9 Å². The van der Waals surface area contributed by atoms with Crippen LogP contribution in [0.5, 0.6) is 0 Å². The third kappa shape index (κ3) is 5.39. The first-order valence-corrected chi connectivity index (χ1v) is 15.8. The summed E-state index contributed by atoms with van der Waals surface area (Å²) in [6, 6.07) is 8.03. The van der Waals surface area contributed by atoms with Gasteiger partial charge in [0, 0.05) is 30.7 Å². The Bertz CT molecular complexity index is 875. The third-order valence-corrected chi connectivity index (χ3v) is 10.5. The molecule has 0 saturated carbocycles. The monoisotopic (exact) mass is 490 g/mol. The van der Waals surface area contributed by atoms with Crippen LogP contribution in [0.15, 0.2) is 24.3 Å². The highest BCUT2D eigenvalue weighted by Crippen LogP contribution is 2.47. The van der Waals surface area contributed by atoms with Gasteiger partial charge < -0.3 is 23.8 Å². The van der Waals surface area contributed by atoms with Crippen molar-refractivity contribution in [3.63, 3.8) is 0 Å². The minimum atomic E-state index is -3.04. The van der Waals surface area contributed by atoms with Crippen LogP contribution in [0.3, 0.4) is 0 Å². The fourth-order valence-corrected chi connectivity index (χ4v) is 8.84. The highest BCUT2D eigenvalue weighted by molar-refractivity contribution is 6.72. The molecule has 1 N–H and O–H groups in total. The van der Waals surface area contributed by atoms with Gasteiger partial charge in [0.1, 0.15) is 0 Å². The Morgan fingerprint density at radius 3 is 2.53 bits per heavy atom. The van der Waals surface area contributed by atoms with E-state index in [9.17, 15) is 14.7 Å². The van der Waals surface area contributed by atoms with Crippen molar-refractivity contribution < 1.29 is 23.5 Å². The zero-order valence-corrected chi connectivity index (χ0v) is 21.7. The van der Waals surface area contributed by atoms with Gasteiger partial charge in [0.15, 0.2) is 0 Å². The average Bonchev–Trinajstić information content (AvgIpc) is 3.51. The molecule has 0 radical (unpaired) electrons. The van der Waals surface area contributed by atoms with E-state index >= 15 is 4.11 Å². The quantitative estimate of drug-likeness (QED) is 0.441. The van der Waals surface area contributed by atoms with Gasteiger partial charge in [-0.3, -0.25) is 9.59 Å². The molecule has 0 aliphatic carbocycles. The smallest absolute Gasteiger partial charge is 0.246 e. The lowest BCUT2D eigenvalue weighted by Gasteiger charge is -2.30. The van der Waals surface area contributed by atoms with Crippen LogP contribution >= 0.6 is 0 Å². The summed E-state index contributed by atoms with van der Waals surface area (Å²) in [4.78, 5) is 28.6. The van der Waals surface area contributed by atoms with Crippen LogP contribution in [0.25, 0.3) is 0 Å². The number of benzene rings is 1. The second-order valence-corrected chi connectivity index (χ2v) is 14.6. The molecule has 0 aromatic heterocycles. The van der Waals surface area contributed by atoms with Gasteiger partial charge in [0.05, 0.1) is 31.3 Å². The van der Waals surface area contributed by atoms with Gasteiger partial charge in [-0.1, -0.05) is 19.1 Å². The van der Waals surface area contributed by atoms with E-state index in [2.05, 4.69) is 19.1 Å². The maximum Gasteiger partial charge on any atom is 0.246 e. The number of aryl methyl sites for hydroxylation is 1. The normalized spacial score (nSPS) is 29.9. The molecule has 6 nitrogen and oxygen atoms in total. The lowest BCUT2D eigenvalue weighted by atomic mass is 9.95. The van der Waals surface area contributed by atoms with E-state index < -0.39 is 14.5 Å². The molecule has 8 heteroatoms. The topological polar surface area (TPSA) is 70.1 Å². The predicted molar refractivity (Wildman–Crippen MR) is 133 cm³/mol. The molecule has 3 saturated heterocycles. The van der Waals surface area contributed by atoms with Crippen LogP contribution in [0.4, 0.5) is 9.80 Å². The standard InChI is InChI=1S/C26H39FN2O4Si/c1-18-22(13-10-19-8-11-20(12-9-19)28-15-5-7-24(28)31)33-23(26(18)34(2,3)27)16-25(32)29-14-4-6-21(29)17-30/h8-9,11-12,18,21-23,26,30H,4-7,10,13-17H2,1-3H3/t18-,21-,22+,23-,26+/m0/s1. The number of hydrogen-bond acceptors (Lipinski definition) is 4. The molecule has 34 heavy (non-hydrogen) atoms. The minimum absolute atomic E-state index is 0.0201. The molecule has 3 aliphatic heterocycles. The molecule has 0 spiro atoms. The van der Waals surface area contributed by atoms with E-state index in [-0.39, 0.29) is 48.4 Å². The fourth-order valence-electron chi connectivity index (χ4n) is 6.29. The number of rotatable bonds is 8. The van der Waals surface area contributed by atoms with Crippen molar-refractivity contribution in [1.29, 1.82) is 0 Å². The second-order valence-electron chi connectivity index (χ2n) is 10.8. The van der Waals surface area contributed by atoms with Crippen molar-refractivity contribution in [2.45, 2.75) is 88.8 Å². The van der Waals surface area contributed by atoms with Crippen molar-refractivity contribution in [1.82, 2.24) is 4.90 Å². The number of anilines is 1. The summed E-state index contributed by atoms with van der Waals surface area (Å²) in [7, 11) is -3.04. The summed E-state index contributed by atoms with van der Waals surface area (Å²) in [6.07, 6.45) is 4.55. The van der Waals surface area contributed by atoms with Crippen LogP contribution in [0.2, 0.25) is 18.6 Å². The van der Waals surface area contributed by atoms with Crippen LogP contribution in [-0.4, -0.2) is 68.2 Å². The summed E-state index contributed by atoms with van der Waals surface area (Å²) < 4.78 is 21.8. The predicted octanol–water partition coefficient (Wildman–Crippen LogP) is 4.07. The van der Waals surface area contributed by atoms with Gasteiger partial charge >= 0.3 is 0 Å². The maximum atomic E-state index is 15.4. The van der Waals surface area contributed by atoms with E-state index in [1.165, 1.54) is 5.56 Å². The molecule has 3 fully saturated rings. The summed E-state index contributed by atoms with van der Waals surface area (Å²) in [5, 5.41) is 9.58. The van der Waals surface area contributed by atoms with E-state index in [1.54, 1.807) is 18.0 Å². The van der Waals surface area contributed by atoms with Crippen molar-refractivity contribution in [3.05, 3.63) is 29.8 Å². The average molecular weight is 491 g/mol. The molecule has 0 unspecified atom stereocenters. The second kappa shape index (κ2) is 10.5. The zero-order valence-electron chi connectivity index (χ0n) is 20.7. The summed E-state index contributed by atoms with van der Waals surface area (Å²) in [5.41, 5.74) is 1.89. The largest absolute Gasteiger partial charge is 0.394 e. The number of aliphatic hydroxyl groups is 1. The number of nitrogens with zero attached hydrogens (tertiary/aromatic N) is 2. The summed E-state index contributed by atoms with van der Waals surface area (Å²) in [5.74, 6) is 0.215. The van der Waals surface area contributed by atoms with Crippen LogP contribution in [0, 0.1) is 5.92 Å². The molecule has 2 amide bonds. The number of carbonyl (C=O) groups excluding carboxylic acids is 2. The molecule has 188 valence electrons. The Labute approximate surface area is 203 Å². The van der Waals surface area contributed by atoms with Crippen molar-refractivity contribution in [2.24, 2.45) is 5.92 Å². The van der Waals surface area contributed by atoms with Crippen LogP contribution < -0.4 is 4.90 Å². The molecule has 1 aromatic carbocycles. The number of likely N-dealkylation sites (tertiary alicyclic amines) is 1. The first-order chi connectivity index (χ1) is 16.2. The number of amides is 2. The first-order valence-electron chi connectivity index (χ1n) is 12.8. The van der Waals surface area contributed by atoms with Crippen LogP contribution in [0.1, 0.15) is 51.0 Å². The van der Waals surface area contributed by atoms with E-state index in [0.29, 0.717) is 13.0 Å². The lowest BCUT2D eigenvalue weighted by Crippen LogP contribution is -2.42. The molecule has 1 aromatic rings. The third-order valence-electron chi connectivity index (χ3n) is 8.02. The van der Waals surface area contributed by atoms with E-state index in [0.717, 1.165) is 44.3 Å². The van der Waals surface area contributed by atoms with Gasteiger partial charge in [-0.15, -0.1) is 0 Å². The molecule has 3 heterocycles. The van der Waals surface area contributed by atoms with Gasteiger partial charge in [0.2, 0.25) is 20.2 Å². The summed E-state index contributed by atoms with van der Waals surface area (Å²) >= 11 is 0. The molecular weight excluding hydrogens is 451 g/mol. The minimum Gasteiger partial charge on any atom is -0.394 e. The Hall–Kier alpha value is -1.77. The highest BCUT2D eigenvalue weighted by Gasteiger charge is 2.52. The van der Waals surface area contributed by atoms with Gasteiger partial charge in [-0.25, -0.2) is 0 Å². The van der Waals surface area contributed by atoms with E-state index in [1.807, 2.05) is 17.0 Å². The first kappa shape index (κ1) is 25.3. The van der Waals surface area contributed by atoms with E-state index in [4.69, 9.17) is 4.74 Å². The number of aliphatic hydroxyl groups excluding tert-OH is 1. The van der Waals surface area contributed by atoms with Crippen molar-refractivity contribution in [3.8, 4) is 0 Å². The molecular formula is C26H39FN2O4Si. The summed E-state index contributed by atoms with van der Waals surface area (Å²) in [6.45, 7) is 6.95. The molecule has 3 aliphatic rings. The number of carbonyl (C=O) groups is 2. The SMILES string of the molecule is C[C@@H]1[C@@H]([Si](C)(C)F)[C@H](CC(=O)N2CCC[C@H]2CO)O[C@@H]1CCc1ccc(N2CCCC2=O)cc1. The van der Waals surface area contributed by atoms with Gasteiger partial charge in [-0.2, -0.15) is 0 Å². The zero-order chi connectivity index (χ0) is 24.5. The maximum absolute atomic E-state index is 15.4. The number of ether oxygens (including phenoxy) is 1. The Morgan fingerprint density at radius 2 is 1.91 bits per heavy atom. The van der Waals surface area contributed by atoms with Crippen LogP contribution in [-0.2, 0) is 20.7 Å². The molecule has 5 atom stereocenters. The lowest BCUT2D eigenvalue weighted by molar-refractivity contribution is -0.135. The Kier molecular flexibility index (Phi) is 7.79. The number of halogens is 1. The van der Waals surface area contributed by atoms with Gasteiger partial charge in [0.25, 0.3) is 0 Å².